The minimum atomic E-state index is -0.383. The topological polar surface area (TPSA) is 35.5 Å². The number of ether oxygens (including phenoxy) is 2. The van der Waals surface area contributed by atoms with Gasteiger partial charge in [-0.25, -0.2) is 4.79 Å². The predicted octanol–water partition coefficient (Wildman–Crippen LogP) is 4.47. The average molecular weight is 356 g/mol. The third kappa shape index (κ3) is 3.52. The molecule has 0 atom stereocenters. The summed E-state index contributed by atoms with van der Waals surface area (Å²) >= 11 is 9.41. The highest BCUT2D eigenvalue weighted by Gasteiger charge is 2.12. The van der Waals surface area contributed by atoms with Crippen molar-refractivity contribution >= 4 is 33.5 Å². The molecule has 2 rings (SSSR count). The summed E-state index contributed by atoms with van der Waals surface area (Å²) in [6, 6.07) is 12.5. The summed E-state index contributed by atoms with van der Waals surface area (Å²) in [6.07, 6.45) is 0. The maximum absolute atomic E-state index is 11.6. The van der Waals surface area contributed by atoms with Gasteiger partial charge in [-0.3, -0.25) is 0 Å². The lowest BCUT2D eigenvalue weighted by atomic mass is 10.1. The van der Waals surface area contributed by atoms with E-state index in [1.165, 1.54) is 7.11 Å². The molecule has 3 nitrogen and oxygen atoms in total. The van der Waals surface area contributed by atoms with Crippen LogP contribution < -0.4 is 4.74 Å². The summed E-state index contributed by atoms with van der Waals surface area (Å²) in [4.78, 5) is 11.6. The number of methoxy groups -OCH3 is 1. The van der Waals surface area contributed by atoms with Crippen LogP contribution in [0.15, 0.2) is 46.9 Å². The second-order valence-corrected chi connectivity index (χ2v) is 5.34. The number of halogens is 2. The average Bonchev–Trinajstić information content (AvgIpc) is 2.46. The van der Waals surface area contributed by atoms with Gasteiger partial charge < -0.3 is 9.47 Å². The molecule has 0 aliphatic heterocycles. The Labute approximate surface area is 130 Å². The highest BCUT2D eigenvalue weighted by molar-refractivity contribution is 9.10. The molecule has 0 unspecified atom stereocenters. The lowest BCUT2D eigenvalue weighted by Gasteiger charge is -2.11. The van der Waals surface area contributed by atoms with Crippen molar-refractivity contribution in [3.63, 3.8) is 0 Å². The van der Waals surface area contributed by atoms with E-state index >= 15 is 0 Å². The Morgan fingerprint density at radius 1 is 1.25 bits per heavy atom. The van der Waals surface area contributed by atoms with E-state index in [0.29, 0.717) is 16.3 Å². The number of rotatable bonds is 4. The summed E-state index contributed by atoms with van der Waals surface area (Å²) in [6.45, 7) is 0.243. The first kappa shape index (κ1) is 14.9. The van der Waals surface area contributed by atoms with E-state index in [4.69, 9.17) is 21.1 Å². The Kier molecular flexibility index (Phi) is 5.04. The van der Waals surface area contributed by atoms with E-state index < -0.39 is 0 Å². The normalized spacial score (nSPS) is 10.2. The van der Waals surface area contributed by atoms with Gasteiger partial charge in [-0.1, -0.05) is 45.7 Å². The fourth-order valence-corrected chi connectivity index (χ4v) is 2.43. The van der Waals surface area contributed by atoms with Crippen LogP contribution in [0, 0.1) is 0 Å². The quantitative estimate of drug-likeness (QED) is 0.759. The van der Waals surface area contributed by atoms with Crippen molar-refractivity contribution in [1.82, 2.24) is 0 Å². The van der Waals surface area contributed by atoms with Crippen LogP contribution in [0.4, 0.5) is 0 Å². The first-order valence-electron chi connectivity index (χ1n) is 5.86. The van der Waals surface area contributed by atoms with Gasteiger partial charge in [0.1, 0.15) is 12.4 Å². The zero-order valence-corrected chi connectivity index (χ0v) is 13.1. The van der Waals surface area contributed by atoms with Crippen LogP contribution in [0.25, 0.3) is 0 Å². The molecule has 0 aliphatic carbocycles. The molecule has 0 bridgehead atoms. The largest absolute Gasteiger partial charge is 0.487 e. The van der Waals surface area contributed by atoms with Crippen LogP contribution in [0.1, 0.15) is 15.9 Å². The molecular formula is C15H12BrClO3. The fourth-order valence-electron chi connectivity index (χ4n) is 1.70. The minimum Gasteiger partial charge on any atom is -0.487 e. The van der Waals surface area contributed by atoms with Gasteiger partial charge in [-0.05, 0) is 24.3 Å². The van der Waals surface area contributed by atoms with E-state index in [1.807, 2.05) is 18.2 Å². The summed E-state index contributed by atoms with van der Waals surface area (Å²) in [7, 11) is 1.35. The van der Waals surface area contributed by atoms with Crippen molar-refractivity contribution in [2.45, 2.75) is 6.61 Å². The maximum atomic E-state index is 11.6. The van der Waals surface area contributed by atoms with E-state index in [2.05, 4.69) is 15.9 Å². The second kappa shape index (κ2) is 6.77. The van der Waals surface area contributed by atoms with Crippen molar-refractivity contribution in [1.29, 1.82) is 0 Å². The van der Waals surface area contributed by atoms with Crippen LogP contribution in [0.2, 0.25) is 5.02 Å². The van der Waals surface area contributed by atoms with Crippen molar-refractivity contribution in [2.24, 2.45) is 0 Å². The highest BCUT2D eigenvalue weighted by atomic mass is 79.9. The molecule has 2 aromatic rings. The zero-order valence-electron chi connectivity index (χ0n) is 10.7. The van der Waals surface area contributed by atoms with Crippen molar-refractivity contribution in [3.8, 4) is 5.75 Å². The van der Waals surface area contributed by atoms with E-state index in [-0.39, 0.29) is 12.6 Å². The first-order chi connectivity index (χ1) is 9.61. The molecule has 0 fully saturated rings. The number of esters is 1. The van der Waals surface area contributed by atoms with E-state index in [1.54, 1.807) is 24.3 Å². The Morgan fingerprint density at radius 3 is 2.70 bits per heavy atom. The second-order valence-electron chi connectivity index (χ2n) is 4.01. The first-order valence-corrected chi connectivity index (χ1v) is 7.03. The number of benzene rings is 2. The van der Waals surface area contributed by atoms with Crippen molar-refractivity contribution in [3.05, 3.63) is 63.1 Å². The van der Waals surface area contributed by atoms with Gasteiger partial charge >= 0.3 is 5.97 Å². The lowest BCUT2D eigenvalue weighted by Crippen LogP contribution is -2.07. The zero-order chi connectivity index (χ0) is 14.5. The molecule has 0 saturated heterocycles. The summed E-state index contributed by atoms with van der Waals surface area (Å²) in [5.41, 5.74) is 1.24. The van der Waals surface area contributed by atoms with Gasteiger partial charge in [0.2, 0.25) is 0 Å². The van der Waals surface area contributed by atoms with Crippen molar-refractivity contribution in [2.75, 3.05) is 7.11 Å². The maximum Gasteiger partial charge on any atom is 0.338 e. The summed E-state index contributed by atoms with van der Waals surface area (Å²) in [5, 5.41) is 0.509. The number of carbonyl (C=O) groups is 1. The lowest BCUT2D eigenvalue weighted by molar-refractivity contribution is 0.0598. The summed E-state index contributed by atoms with van der Waals surface area (Å²) < 4.78 is 11.3. The van der Waals surface area contributed by atoms with Gasteiger partial charge in [0, 0.05) is 10.0 Å². The van der Waals surface area contributed by atoms with Crippen LogP contribution in [-0.2, 0) is 11.3 Å². The molecule has 0 radical (unpaired) electrons. The molecule has 2 aromatic carbocycles. The van der Waals surface area contributed by atoms with Gasteiger partial charge in [0.05, 0.1) is 17.7 Å². The number of hydrogen-bond donors (Lipinski definition) is 0. The molecule has 0 saturated carbocycles. The molecule has 0 aromatic heterocycles. The van der Waals surface area contributed by atoms with E-state index in [0.717, 1.165) is 10.0 Å². The molecule has 104 valence electrons. The Bertz CT molecular complexity index is 628. The SMILES string of the molecule is COC(=O)c1ccccc1COc1ccc(Br)cc1Cl. The molecule has 0 aliphatic rings. The Morgan fingerprint density at radius 2 is 2.00 bits per heavy atom. The number of hydrogen-bond acceptors (Lipinski definition) is 3. The van der Waals surface area contributed by atoms with Gasteiger partial charge in [-0.15, -0.1) is 0 Å². The van der Waals surface area contributed by atoms with Crippen LogP contribution in [-0.4, -0.2) is 13.1 Å². The standard InChI is InChI=1S/C15H12BrClO3/c1-19-15(18)12-5-3-2-4-10(12)9-20-14-7-6-11(16)8-13(14)17/h2-8H,9H2,1H3. The van der Waals surface area contributed by atoms with E-state index in [9.17, 15) is 4.79 Å². The molecule has 0 amide bonds. The molecule has 5 heteroatoms. The molecule has 0 heterocycles. The Hall–Kier alpha value is -1.52. The predicted molar refractivity (Wildman–Crippen MR) is 81.3 cm³/mol. The molecule has 0 N–H and O–H groups in total. The van der Waals surface area contributed by atoms with Gasteiger partial charge in [0.25, 0.3) is 0 Å². The smallest absolute Gasteiger partial charge is 0.338 e. The third-order valence-corrected chi connectivity index (χ3v) is 3.49. The van der Waals surface area contributed by atoms with Crippen LogP contribution >= 0.6 is 27.5 Å². The van der Waals surface area contributed by atoms with Gasteiger partial charge in [-0.2, -0.15) is 0 Å². The monoisotopic (exact) mass is 354 g/mol. The minimum absolute atomic E-state index is 0.243. The Balaban J connectivity index is 2.17. The van der Waals surface area contributed by atoms with Gasteiger partial charge in [0.15, 0.2) is 0 Å². The molecule has 20 heavy (non-hydrogen) atoms. The van der Waals surface area contributed by atoms with Crippen molar-refractivity contribution < 1.29 is 14.3 Å². The summed E-state index contributed by atoms with van der Waals surface area (Å²) in [5.74, 6) is 0.181. The fraction of sp³-hybridized carbons (Fsp3) is 0.133. The third-order valence-electron chi connectivity index (χ3n) is 2.70. The highest BCUT2D eigenvalue weighted by Crippen LogP contribution is 2.28. The molecular weight excluding hydrogens is 344 g/mol. The molecule has 0 spiro atoms. The van der Waals surface area contributed by atoms with Crippen LogP contribution in [0.5, 0.6) is 5.75 Å². The van der Waals surface area contributed by atoms with Crippen LogP contribution in [0.3, 0.4) is 0 Å². The number of carbonyl (C=O) groups excluding carboxylic acids is 1.